The van der Waals surface area contributed by atoms with Crippen LogP contribution in [0.1, 0.15) is 12.0 Å². The van der Waals surface area contributed by atoms with Crippen molar-refractivity contribution in [2.75, 3.05) is 0 Å². The van der Waals surface area contributed by atoms with Crippen LogP contribution >= 0.6 is 0 Å². The number of hydrogen-bond acceptors (Lipinski definition) is 0. The first-order valence-electron chi connectivity index (χ1n) is 5.12. The number of allylic oxidation sites excluding steroid dienone is 4. The van der Waals surface area contributed by atoms with E-state index in [4.69, 9.17) is 0 Å². The maximum absolute atomic E-state index is 2.33. The van der Waals surface area contributed by atoms with Crippen molar-refractivity contribution >= 4 is 41.0 Å². The van der Waals surface area contributed by atoms with Crippen molar-refractivity contribution in [1.29, 1.82) is 0 Å². The summed E-state index contributed by atoms with van der Waals surface area (Å²) >= 11 is 4.53. The zero-order valence-electron chi connectivity index (χ0n) is 8.83. The van der Waals surface area contributed by atoms with E-state index in [0.717, 1.165) is 6.42 Å². The average molecular weight is 168 g/mol. The van der Waals surface area contributed by atoms with E-state index in [9.17, 15) is 0 Å². The Hall–Kier alpha value is -0.105. The molecule has 1 aliphatic carbocycles. The molecule has 14 heavy (non-hydrogen) atoms. The first-order chi connectivity index (χ1) is 6.67. The summed E-state index contributed by atoms with van der Waals surface area (Å²) in [5.41, 5.74) is 2.67. The summed E-state index contributed by atoms with van der Waals surface area (Å²) in [7, 11) is 0. The van der Waals surface area contributed by atoms with Crippen LogP contribution in [0.4, 0.5) is 0 Å². The molecule has 0 saturated carbocycles. The van der Waals surface area contributed by atoms with Gasteiger partial charge in [-0.1, -0.05) is 0 Å². The molecule has 0 saturated heterocycles. The molecule has 0 atom stereocenters. The molecule has 0 spiro atoms. The van der Waals surface area contributed by atoms with E-state index in [2.05, 4.69) is 84.0 Å². The van der Waals surface area contributed by atoms with Gasteiger partial charge in [0.15, 0.2) is 0 Å². The summed E-state index contributed by atoms with van der Waals surface area (Å²) < 4.78 is 0.332. The summed E-state index contributed by atoms with van der Waals surface area (Å²) in [4.78, 5) is 0. The quantitative estimate of drug-likeness (QED) is 0.565. The molecule has 0 aliphatic heterocycles. The average Bonchev–Trinajstić information content (AvgIpc) is 2.19. The van der Waals surface area contributed by atoms with Crippen molar-refractivity contribution in [3.8, 4) is 0 Å². The van der Waals surface area contributed by atoms with Gasteiger partial charge in [0.1, 0.15) is 0 Å². The summed E-state index contributed by atoms with van der Waals surface area (Å²) in [5.74, 6) is 0. The van der Waals surface area contributed by atoms with Crippen molar-refractivity contribution in [3.63, 3.8) is 0 Å². The molecule has 0 aromatic heterocycles. The molecule has 0 amide bonds. The second-order valence-corrected chi connectivity index (χ2v) is 4.55. The molecule has 1 aromatic carbocycles. The molecule has 0 radical (unpaired) electrons. The zero-order valence-corrected chi connectivity index (χ0v) is 8.83. The predicted molar refractivity (Wildman–Crippen MR) is 62.4 cm³/mol. The summed E-state index contributed by atoms with van der Waals surface area (Å²) in [5, 5.41) is 0. The van der Waals surface area contributed by atoms with Crippen LogP contribution in [0.2, 0.25) is 2.76 Å². The first-order valence-corrected chi connectivity index (χ1v) is 5.12. The van der Waals surface area contributed by atoms with Crippen molar-refractivity contribution < 1.29 is 0 Å². The zero-order chi connectivity index (χ0) is 10.0. The molecule has 0 fully saturated rings. The Bertz CT molecular complexity index is 375. The minimum atomic E-state index is 0.332. The standard InChI is InChI=1S/C12H10.2Li/c1-3-7-11(8-4-1)12-9-5-2-6-10-12;;/h1,3-5,7-10H,6H2;;. The van der Waals surface area contributed by atoms with Crippen LogP contribution in [0.15, 0.2) is 48.6 Å². The minimum absolute atomic E-state index is 0.332. The van der Waals surface area contributed by atoms with Crippen molar-refractivity contribution in [1.82, 2.24) is 0 Å². The van der Waals surface area contributed by atoms with E-state index in [-0.39, 0.29) is 0 Å². The van der Waals surface area contributed by atoms with Gasteiger partial charge in [-0.05, 0) is 0 Å². The Morgan fingerprint density at radius 2 is 1.79 bits per heavy atom. The van der Waals surface area contributed by atoms with Crippen LogP contribution < -0.4 is 0 Å². The van der Waals surface area contributed by atoms with E-state index in [0.29, 0.717) is 2.76 Å². The molecule has 1 aromatic rings. The molecule has 0 bridgehead atoms. The first kappa shape index (κ1) is 10.4. The summed E-state index contributed by atoms with van der Waals surface area (Å²) in [6, 6.07) is 10.6. The molecule has 0 unspecified atom stereocenters. The third-order valence-electron chi connectivity index (χ3n) is 2.67. The van der Waals surface area contributed by atoms with E-state index in [1.165, 1.54) is 11.1 Å². The Kier molecular flexibility index (Phi) is 3.11. The Balaban J connectivity index is 2.25. The monoisotopic (exact) mass is 168 g/mol. The van der Waals surface area contributed by atoms with Crippen LogP contribution in [-0.4, -0.2) is 35.4 Å². The summed E-state index contributed by atoms with van der Waals surface area (Å²) in [6.45, 7) is 0. The van der Waals surface area contributed by atoms with Gasteiger partial charge in [0.2, 0.25) is 0 Å². The molecule has 0 N–H and O–H groups in total. The number of rotatable bonds is 1. The van der Waals surface area contributed by atoms with Crippen molar-refractivity contribution in [3.05, 3.63) is 54.1 Å². The normalized spacial score (nSPS) is 19.3. The second kappa shape index (κ2) is 4.18. The third kappa shape index (κ3) is 2.47. The predicted octanol–water partition coefficient (Wildman–Crippen LogP) is 2.48. The van der Waals surface area contributed by atoms with Gasteiger partial charge in [-0.15, -0.1) is 0 Å². The fourth-order valence-electron chi connectivity index (χ4n) is 1.67. The van der Waals surface area contributed by atoms with Gasteiger partial charge in [-0.3, -0.25) is 0 Å². The molecule has 0 nitrogen and oxygen atoms in total. The molecule has 2 heteroatoms. The van der Waals surface area contributed by atoms with Crippen LogP contribution in [0.25, 0.3) is 5.57 Å². The van der Waals surface area contributed by atoms with E-state index in [1.54, 1.807) is 0 Å². The van der Waals surface area contributed by atoms with Gasteiger partial charge >= 0.3 is 104 Å². The Morgan fingerprint density at radius 3 is 2.36 bits per heavy atom. The van der Waals surface area contributed by atoms with Gasteiger partial charge < -0.3 is 0 Å². The van der Waals surface area contributed by atoms with Crippen molar-refractivity contribution in [2.45, 2.75) is 9.18 Å². The van der Waals surface area contributed by atoms with Gasteiger partial charge in [0.25, 0.3) is 0 Å². The Labute approximate surface area is 104 Å². The third-order valence-corrected chi connectivity index (χ3v) is 2.67. The molecule has 1 aliphatic rings. The Morgan fingerprint density at radius 1 is 1.07 bits per heavy atom. The van der Waals surface area contributed by atoms with Crippen LogP contribution in [0.5, 0.6) is 0 Å². The van der Waals surface area contributed by atoms with Crippen LogP contribution in [0.3, 0.4) is 0 Å². The molecule has 60 valence electrons. The van der Waals surface area contributed by atoms with Crippen LogP contribution in [0, 0.1) is 0 Å². The topological polar surface area (TPSA) is 0 Å². The number of benzene rings is 1. The fourth-order valence-corrected chi connectivity index (χ4v) is 1.67. The van der Waals surface area contributed by atoms with Crippen LogP contribution in [-0.2, 0) is 0 Å². The molecular formula is C12H10Li2. The van der Waals surface area contributed by atoms with E-state index >= 15 is 0 Å². The van der Waals surface area contributed by atoms with Gasteiger partial charge in [0.05, 0.1) is 0 Å². The fraction of sp³-hybridized carbons (Fsp3) is 0.167. The van der Waals surface area contributed by atoms with Gasteiger partial charge in [-0.25, -0.2) is 0 Å². The SMILES string of the molecule is [Li][C]1([Li])C=CC(c2ccccc2)=CC1. The van der Waals surface area contributed by atoms with Gasteiger partial charge in [-0.2, -0.15) is 0 Å². The molecule has 2 rings (SSSR count). The summed E-state index contributed by atoms with van der Waals surface area (Å²) in [6.07, 6.45) is 8.00. The number of hydrogen-bond donors (Lipinski definition) is 0. The van der Waals surface area contributed by atoms with Crippen molar-refractivity contribution in [2.24, 2.45) is 0 Å². The molecule has 0 heterocycles. The van der Waals surface area contributed by atoms with Gasteiger partial charge in [0, 0.05) is 0 Å². The van der Waals surface area contributed by atoms with E-state index in [1.807, 2.05) is 0 Å². The van der Waals surface area contributed by atoms with E-state index < -0.39 is 0 Å². The molecular weight excluding hydrogens is 158 g/mol. The maximum atomic E-state index is 2.33. The second-order valence-electron chi connectivity index (χ2n) is 4.55.